The van der Waals surface area contributed by atoms with E-state index in [1.165, 1.54) is 58.0 Å². The summed E-state index contributed by atoms with van der Waals surface area (Å²) in [5.74, 6) is 1.69. The molecule has 2 aliphatic rings. The van der Waals surface area contributed by atoms with Crippen LogP contribution in [-0.4, -0.2) is 37.1 Å². The minimum absolute atomic E-state index is 0.777. The molecule has 0 spiro atoms. The maximum atomic E-state index is 3.65. The molecular formula is C16H32N2. The van der Waals surface area contributed by atoms with Gasteiger partial charge in [-0.05, 0) is 57.7 Å². The van der Waals surface area contributed by atoms with Gasteiger partial charge in [-0.15, -0.1) is 0 Å². The molecule has 106 valence electrons. The van der Waals surface area contributed by atoms with Crippen molar-refractivity contribution in [3.05, 3.63) is 0 Å². The molecular weight excluding hydrogens is 220 g/mol. The predicted octanol–water partition coefficient (Wildman–Crippen LogP) is 3.28. The van der Waals surface area contributed by atoms with Crippen molar-refractivity contribution in [2.45, 2.75) is 70.9 Å². The second kappa shape index (κ2) is 6.91. The zero-order valence-corrected chi connectivity index (χ0v) is 12.6. The lowest BCUT2D eigenvalue weighted by molar-refractivity contribution is 0.0360. The van der Waals surface area contributed by atoms with Crippen LogP contribution in [-0.2, 0) is 0 Å². The Balaban J connectivity index is 1.71. The zero-order valence-electron chi connectivity index (χ0n) is 12.6. The molecule has 2 unspecified atom stereocenters. The number of nitrogens with one attached hydrogen (secondary N) is 1. The molecule has 0 aromatic heterocycles. The summed E-state index contributed by atoms with van der Waals surface area (Å²) in [6, 6.07) is 1.75. The van der Waals surface area contributed by atoms with E-state index >= 15 is 0 Å². The maximum absolute atomic E-state index is 3.65. The Labute approximate surface area is 114 Å². The van der Waals surface area contributed by atoms with E-state index in [2.05, 4.69) is 31.1 Å². The standard InChI is InChI=1S/C16H32N2/c1-13(2)11-17-12-14-9-10-16(14)18(3)15-7-5-4-6-8-15/h13-17H,4-12H2,1-3H3. The molecule has 0 amide bonds. The van der Waals surface area contributed by atoms with Crippen LogP contribution < -0.4 is 5.32 Å². The van der Waals surface area contributed by atoms with E-state index in [9.17, 15) is 0 Å². The van der Waals surface area contributed by atoms with Gasteiger partial charge in [-0.1, -0.05) is 33.1 Å². The van der Waals surface area contributed by atoms with E-state index in [1.54, 1.807) is 0 Å². The van der Waals surface area contributed by atoms with E-state index < -0.39 is 0 Å². The van der Waals surface area contributed by atoms with Gasteiger partial charge >= 0.3 is 0 Å². The van der Waals surface area contributed by atoms with Crippen molar-refractivity contribution in [2.75, 3.05) is 20.1 Å². The first-order valence-corrected chi connectivity index (χ1v) is 8.11. The second-order valence-electron chi connectivity index (χ2n) is 6.91. The Hall–Kier alpha value is -0.0800. The minimum Gasteiger partial charge on any atom is -0.316 e. The van der Waals surface area contributed by atoms with E-state index in [0.29, 0.717) is 0 Å². The number of nitrogens with zero attached hydrogens (tertiary/aromatic N) is 1. The first kappa shape index (κ1) is 14.3. The first-order chi connectivity index (χ1) is 8.68. The van der Waals surface area contributed by atoms with Crippen molar-refractivity contribution in [2.24, 2.45) is 11.8 Å². The Bertz CT molecular complexity index is 233. The molecule has 0 aromatic carbocycles. The smallest absolute Gasteiger partial charge is 0.0136 e. The molecule has 0 radical (unpaired) electrons. The molecule has 2 aliphatic carbocycles. The monoisotopic (exact) mass is 252 g/mol. The lowest BCUT2D eigenvalue weighted by Gasteiger charge is -2.47. The lowest BCUT2D eigenvalue weighted by Crippen LogP contribution is -2.53. The molecule has 2 nitrogen and oxygen atoms in total. The molecule has 2 atom stereocenters. The molecule has 18 heavy (non-hydrogen) atoms. The Morgan fingerprint density at radius 3 is 2.33 bits per heavy atom. The highest BCUT2D eigenvalue weighted by Crippen LogP contribution is 2.34. The fraction of sp³-hybridized carbons (Fsp3) is 1.00. The molecule has 0 bridgehead atoms. The van der Waals surface area contributed by atoms with Gasteiger partial charge in [-0.2, -0.15) is 0 Å². The number of rotatable bonds is 6. The van der Waals surface area contributed by atoms with E-state index in [0.717, 1.165) is 23.9 Å². The van der Waals surface area contributed by atoms with Gasteiger partial charge in [-0.3, -0.25) is 0 Å². The third-order valence-electron chi connectivity index (χ3n) is 5.01. The largest absolute Gasteiger partial charge is 0.316 e. The van der Waals surface area contributed by atoms with Crippen molar-refractivity contribution in [1.29, 1.82) is 0 Å². The first-order valence-electron chi connectivity index (χ1n) is 8.11. The van der Waals surface area contributed by atoms with Crippen LogP contribution in [0, 0.1) is 11.8 Å². The van der Waals surface area contributed by atoms with Gasteiger partial charge < -0.3 is 10.2 Å². The molecule has 2 rings (SSSR count). The van der Waals surface area contributed by atoms with E-state index in [4.69, 9.17) is 0 Å². The molecule has 2 saturated carbocycles. The van der Waals surface area contributed by atoms with E-state index in [1.807, 2.05) is 0 Å². The SMILES string of the molecule is CC(C)CNCC1CCC1N(C)C1CCCCC1. The van der Waals surface area contributed by atoms with E-state index in [-0.39, 0.29) is 0 Å². The minimum atomic E-state index is 0.777. The van der Waals surface area contributed by atoms with Gasteiger partial charge in [0.1, 0.15) is 0 Å². The van der Waals surface area contributed by atoms with Gasteiger partial charge in [0.25, 0.3) is 0 Å². The highest BCUT2D eigenvalue weighted by atomic mass is 15.2. The molecule has 0 aromatic rings. The molecule has 2 fully saturated rings. The van der Waals surface area contributed by atoms with Crippen LogP contribution >= 0.6 is 0 Å². The number of hydrogen-bond acceptors (Lipinski definition) is 2. The summed E-state index contributed by atoms with van der Waals surface area (Å²) in [6.45, 7) is 7.00. The zero-order chi connectivity index (χ0) is 13.0. The van der Waals surface area contributed by atoms with Crippen molar-refractivity contribution in [3.63, 3.8) is 0 Å². The summed E-state index contributed by atoms with van der Waals surface area (Å²) in [5.41, 5.74) is 0. The third-order valence-corrected chi connectivity index (χ3v) is 5.01. The summed E-state index contributed by atoms with van der Waals surface area (Å²) in [4.78, 5) is 2.73. The van der Waals surface area contributed by atoms with Crippen LogP contribution in [0.1, 0.15) is 58.8 Å². The average molecular weight is 252 g/mol. The van der Waals surface area contributed by atoms with Gasteiger partial charge in [0.15, 0.2) is 0 Å². The fourth-order valence-corrected chi connectivity index (χ4v) is 3.64. The summed E-state index contributed by atoms with van der Waals surface area (Å²) in [5, 5.41) is 3.65. The molecule has 1 N–H and O–H groups in total. The summed E-state index contributed by atoms with van der Waals surface area (Å²) >= 11 is 0. The predicted molar refractivity (Wildman–Crippen MR) is 78.9 cm³/mol. The molecule has 0 saturated heterocycles. The fourth-order valence-electron chi connectivity index (χ4n) is 3.64. The Kier molecular flexibility index (Phi) is 5.50. The lowest BCUT2D eigenvalue weighted by atomic mass is 9.77. The average Bonchev–Trinajstić information content (AvgIpc) is 2.34. The normalized spacial score (nSPS) is 29.8. The van der Waals surface area contributed by atoms with Crippen molar-refractivity contribution in [1.82, 2.24) is 10.2 Å². The number of hydrogen-bond donors (Lipinski definition) is 1. The van der Waals surface area contributed by atoms with Gasteiger partial charge in [0.2, 0.25) is 0 Å². The molecule has 0 heterocycles. The Morgan fingerprint density at radius 1 is 1.06 bits per heavy atom. The van der Waals surface area contributed by atoms with Gasteiger partial charge in [0.05, 0.1) is 0 Å². The second-order valence-corrected chi connectivity index (χ2v) is 6.91. The van der Waals surface area contributed by atoms with Crippen LogP contribution in [0.4, 0.5) is 0 Å². The van der Waals surface area contributed by atoms with Crippen LogP contribution in [0.3, 0.4) is 0 Å². The summed E-state index contributed by atoms with van der Waals surface area (Å²) < 4.78 is 0. The quantitative estimate of drug-likeness (QED) is 0.780. The summed E-state index contributed by atoms with van der Waals surface area (Å²) in [6.07, 6.45) is 10.1. The molecule has 0 aliphatic heterocycles. The van der Waals surface area contributed by atoms with Gasteiger partial charge in [-0.25, -0.2) is 0 Å². The van der Waals surface area contributed by atoms with Crippen molar-refractivity contribution < 1.29 is 0 Å². The van der Waals surface area contributed by atoms with Crippen molar-refractivity contribution in [3.8, 4) is 0 Å². The van der Waals surface area contributed by atoms with Gasteiger partial charge in [0, 0.05) is 12.1 Å². The highest BCUT2D eigenvalue weighted by molar-refractivity contribution is 4.92. The topological polar surface area (TPSA) is 15.3 Å². The highest BCUT2D eigenvalue weighted by Gasteiger charge is 2.36. The third kappa shape index (κ3) is 3.71. The van der Waals surface area contributed by atoms with Crippen molar-refractivity contribution >= 4 is 0 Å². The maximum Gasteiger partial charge on any atom is 0.0136 e. The molecule has 2 heteroatoms. The van der Waals surface area contributed by atoms with Crippen LogP contribution in [0.25, 0.3) is 0 Å². The van der Waals surface area contributed by atoms with Crippen LogP contribution in [0.2, 0.25) is 0 Å². The van der Waals surface area contributed by atoms with Crippen LogP contribution in [0.15, 0.2) is 0 Å². The summed E-state index contributed by atoms with van der Waals surface area (Å²) in [7, 11) is 2.38. The van der Waals surface area contributed by atoms with Crippen LogP contribution in [0.5, 0.6) is 0 Å². The Morgan fingerprint density at radius 2 is 1.78 bits per heavy atom.